The lowest BCUT2D eigenvalue weighted by molar-refractivity contribution is 0.0635. The van der Waals surface area contributed by atoms with Crippen molar-refractivity contribution >= 4 is 27.3 Å². The minimum atomic E-state index is -0.320. The van der Waals surface area contributed by atoms with Crippen LogP contribution < -0.4 is 5.32 Å². The van der Waals surface area contributed by atoms with Crippen LogP contribution in [0.1, 0.15) is 26.8 Å². The lowest BCUT2D eigenvalue weighted by Crippen LogP contribution is -2.48. The average Bonchev–Trinajstić information content (AvgIpc) is 3.08. The molecule has 0 saturated carbocycles. The van der Waals surface area contributed by atoms with Crippen LogP contribution in [0.25, 0.3) is 10.1 Å². The summed E-state index contributed by atoms with van der Waals surface area (Å²) in [6.45, 7) is 2.17. The van der Waals surface area contributed by atoms with Gasteiger partial charge in [-0.2, -0.15) is 0 Å². The van der Waals surface area contributed by atoms with Crippen LogP contribution in [0.4, 0.5) is 4.39 Å². The van der Waals surface area contributed by atoms with E-state index < -0.39 is 0 Å². The van der Waals surface area contributed by atoms with Crippen molar-refractivity contribution < 1.29 is 13.9 Å². The van der Waals surface area contributed by atoms with Crippen LogP contribution in [-0.4, -0.2) is 42.5 Å². The number of benzene rings is 1. The Morgan fingerprint density at radius 3 is 3.07 bits per heavy atom. The lowest BCUT2D eigenvalue weighted by atomic mass is 10.0. The largest absolute Gasteiger partial charge is 0.380 e. The van der Waals surface area contributed by atoms with Gasteiger partial charge in [0, 0.05) is 54.8 Å². The number of methoxy groups -OCH3 is 1. The first-order valence-corrected chi connectivity index (χ1v) is 9.62. The van der Waals surface area contributed by atoms with E-state index in [1.54, 1.807) is 25.6 Å². The summed E-state index contributed by atoms with van der Waals surface area (Å²) in [6.07, 6.45) is 3.51. The second-order valence-electron chi connectivity index (χ2n) is 6.46. The molecule has 1 N–H and O–H groups in total. The number of piperazine rings is 1. The van der Waals surface area contributed by atoms with E-state index in [1.807, 2.05) is 23.1 Å². The van der Waals surface area contributed by atoms with E-state index in [0.29, 0.717) is 28.9 Å². The molecule has 1 atom stereocenters. The number of amides is 1. The molecule has 1 unspecified atom stereocenters. The van der Waals surface area contributed by atoms with Gasteiger partial charge in [0.1, 0.15) is 5.82 Å². The second kappa shape index (κ2) is 7.72. The van der Waals surface area contributed by atoms with Crippen LogP contribution in [0, 0.1) is 5.82 Å². The summed E-state index contributed by atoms with van der Waals surface area (Å²) in [5.41, 5.74) is 1.61. The van der Waals surface area contributed by atoms with Gasteiger partial charge >= 0.3 is 0 Å². The molecular weight excluding hydrogens is 365 g/mol. The number of carbonyl (C=O) groups excluding carboxylic acids is 1. The number of thiophene rings is 1. The van der Waals surface area contributed by atoms with Gasteiger partial charge in [-0.05, 0) is 23.8 Å². The molecule has 5 nitrogen and oxygen atoms in total. The van der Waals surface area contributed by atoms with Gasteiger partial charge in [0.05, 0.1) is 17.5 Å². The molecule has 1 aromatic carbocycles. The molecule has 1 saturated heterocycles. The molecule has 1 fully saturated rings. The number of ether oxygens (including phenoxy) is 1. The molecule has 0 aliphatic carbocycles. The fourth-order valence-electron chi connectivity index (χ4n) is 3.57. The van der Waals surface area contributed by atoms with Crippen molar-refractivity contribution in [3.8, 4) is 0 Å². The molecule has 1 amide bonds. The molecule has 3 aromatic rings. The zero-order valence-electron chi connectivity index (χ0n) is 14.9. The van der Waals surface area contributed by atoms with Gasteiger partial charge in [0.25, 0.3) is 5.91 Å². The summed E-state index contributed by atoms with van der Waals surface area (Å²) in [6, 6.07) is 8.68. The molecule has 1 aliphatic rings. The average molecular weight is 385 g/mol. The number of carbonyl (C=O) groups is 1. The molecular formula is C20H20FN3O2S. The zero-order valence-corrected chi connectivity index (χ0v) is 15.8. The quantitative estimate of drug-likeness (QED) is 0.748. The van der Waals surface area contributed by atoms with E-state index in [-0.39, 0.29) is 24.4 Å². The van der Waals surface area contributed by atoms with Crippen molar-refractivity contribution in [1.82, 2.24) is 15.2 Å². The maximum atomic E-state index is 14.4. The third-order valence-corrected chi connectivity index (χ3v) is 6.00. The van der Waals surface area contributed by atoms with Crippen molar-refractivity contribution in [2.24, 2.45) is 0 Å². The molecule has 3 heterocycles. The number of halogens is 1. The number of nitrogens with zero attached hydrogens (tertiary/aromatic N) is 2. The van der Waals surface area contributed by atoms with Crippen LogP contribution in [0.5, 0.6) is 0 Å². The van der Waals surface area contributed by atoms with Crippen molar-refractivity contribution in [3.63, 3.8) is 0 Å². The Morgan fingerprint density at radius 1 is 1.41 bits per heavy atom. The summed E-state index contributed by atoms with van der Waals surface area (Å²) in [5, 5.41) is 3.83. The molecule has 0 bridgehead atoms. The fourth-order valence-corrected chi connectivity index (χ4v) is 4.75. The van der Waals surface area contributed by atoms with Gasteiger partial charge in [-0.1, -0.05) is 12.1 Å². The molecule has 7 heteroatoms. The van der Waals surface area contributed by atoms with E-state index in [4.69, 9.17) is 4.74 Å². The summed E-state index contributed by atoms with van der Waals surface area (Å²) in [4.78, 5) is 20.1. The molecule has 0 spiro atoms. The number of rotatable bonds is 4. The Morgan fingerprint density at radius 2 is 2.30 bits per heavy atom. The van der Waals surface area contributed by atoms with Gasteiger partial charge < -0.3 is 15.0 Å². The number of nitrogens with one attached hydrogen (secondary N) is 1. The Labute approximate surface area is 160 Å². The van der Waals surface area contributed by atoms with Crippen molar-refractivity contribution in [2.75, 3.05) is 26.7 Å². The smallest absolute Gasteiger partial charge is 0.264 e. The first-order valence-electron chi connectivity index (χ1n) is 8.81. The predicted octanol–water partition coefficient (Wildman–Crippen LogP) is 3.37. The first kappa shape index (κ1) is 18.0. The molecule has 27 heavy (non-hydrogen) atoms. The third-order valence-electron chi connectivity index (χ3n) is 4.82. The van der Waals surface area contributed by atoms with E-state index in [2.05, 4.69) is 10.3 Å². The summed E-state index contributed by atoms with van der Waals surface area (Å²) in [7, 11) is 1.56. The molecule has 1 aliphatic heterocycles. The van der Waals surface area contributed by atoms with Crippen LogP contribution in [0.2, 0.25) is 0 Å². The summed E-state index contributed by atoms with van der Waals surface area (Å²) >= 11 is 1.33. The molecule has 0 radical (unpaired) electrons. The Hall–Kier alpha value is -2.35. The van der Waals surface area contributed by atoms with Crippen LogP contribution in [-0.2, 0) is 11.3 Å². The zero-order chi connectivity index (χ0) is 18.8. The van der Waals surface area contributed by atoms with Crippen LogP contribution >= 0.6 is 11.3 Å². The van der Waals surface area contributed by atoms with E-state index >= 15 is 0 Å². The lowest BCUT2D eigenvalue weighted by Gasteiger charge is -2.36. The normalized spacial score (nSPS) is 17.4. The predicted molar refractivity (Wildman–Crippen MR) is 103 cm³/mol. The highest BCUT2D eigenvalue weighted by Crippen LogP contribution is 2.36. The Bertz CT molecular complexity index is 961. The standard InChI is InChI=1S/C20H20FN3O2S/c1-26-12-14-18-15(21)5-2-6-17(18)27-19(14)20(25)24-9-8-23-11-16(24)13-4-3-7-22-10-13/h2-7,10,16,23H,8-9,11-12H2,1H3. The summed E-state index contributed by atoms with van der Waals surface area (Å²) < 4.78 is 20.5. The van der Waals surface area contributed by atoms with Crippen LogP contribution in [0.15, 0.2) is 42.7 Å². The minimum absolute atomic E-state index is 0.0852. The molecule has 140 valence electrons. The van der Waals surface area contributed by atoms with Gasteiger partial charge in [-0.3, -0.25) is 9.78 Å². The maximum Gasteiger partial charge on any atom is 0.264 e. The summed E-state index contributed by atoms with van der Waals surface area (Å²) in [5.74, 6) is -0.406. The highest BCUT2D eigenvalue weighted by molar-refractivity contribution is 7.21. The highest BCUT2D eigenvalue weighted by atomic mass is 32.1. The topological polar surface area (TPSA) is 54.5 Å². The maximum absolute atomic E-state index is 14.4. The highest BCUT2D eigenvalue weighted by Gasteiger charge is 2.32. The number of pyridine rings is 1. The van der Waals surface area contributed by atoms with Gasteiger partial charge in [0.15, 0.2) is 0 Å². The van der Waals surface area contributed by atoms with Crippen molar-refractivity contribution in [3.05, 3.63) is 64.5 Å². The van der Waals surface area contributed by atoms with Crippen molar-refractivity contribution in [2.45, 2.75) is 12.6 Å². The number of hydrogen-bond acceptors (Lipinski definition) is 5. The Kier molecular flexibility index (Phi) is 5.15. The third kappa shape index (κ3) is 3.34. The first-order chi connectivity index (χ1) is 13.2. The second-order valence-corrected chi connectivity index (χ2v) is 7.51. The SMILES string of the molecule is COCc1c(C(=O)N2CCNCC2c2cccnc2)sc2cccc(F)c12. The van der Waals surface area contributed by atoms with Crippen LogP contribution in [0.3, 0.4) is 0 Å². The minimum Gasteiger partial charge on any atom is -0.380 e. The van der Waals surface area contributed by atoms with E-state index in [0.717, 1.165) is 16.8 Å². The molecule has 2 aromatic heterocycles. The fraction of sp³-hybridized carbons (Fsp3) is 0.300. The molecule has 4 rings (SSSR count). The number of aromatic nitrogens is 1. The van der Waals surface area contributed by atoms with Gasteiger partial charge in [0.2, 0.25) is 0 Å². The number of fused-ring (bicyclic) bond motifs is 1. The Balaban J connectivity index is 1.77. The van der Waals surface area contributed by atoms with Gasteiger partial charge in [-0.15, -0.1) is 11.3 Å². The van der Waals surface area contributed by atoms with Crippen molar-refractivity contribution in [1.29, 1.82) is 0 Å². The van der Waals surface area contributed by atoms with Gasteiger partial charge in [-0.25, -0.2) is 4.39 Å². The van der Waals surface area contributed by atoms with E-state index in [1.165, 1.54) is 17.4 Å². The van der Waals surface area contributed by atoms with E-state index in [9.17, 15) is 9.18 Å². The number of hydrogen-bond donors (Lipinski definition) is 1. The monoisotopic (exact) mass is 385 g/mol.